The number of aromatic nitrogens is 2. The Morgan fingerprint density at radius 1 is 1.29 bits per heavy atom. The number of rotatable bonds is 5. The molecule has 3 rings (SSSR count). The predicted molar refractivity (Wildman–Crippen MR) is 88.5 cm³/mol. The number of hydrogen-bond donors (Lipinski definition) is 0. The van der Waals surface area contributed by atoms with Crippen LogP contribution in [-0.2, 0) is 21.3 Å². The molecule has 0 saturated carbocycles. The van der Waals surface area contributed by atoms with Gasteiger partial charge in [0.2, 0.25) is 10.0 Å². The van der Waals surface area contributed by atoms with Crippen LogP contribution in [0.2, 0.25) is 0 Å². The second kappa shape index (κ2) is 7.00. The summed E-state index contributed by atoms with van der Waals surface area (Å²) in [6.45, 7) is 3.78. The van der Waals surface area contributed by atoms with Crippen molar-refractivity contribution in [1.29, 1.82) is 0 Å². The van der Waals surface area contributed by atoms with Crippen molar-refractivity contribution in [1.82, 2.24) is 13.9 Å². The van der Waals surface area contributed by atoms with Crippen LogP contribution in [0, 0.1) is 12.7 Å². The molecule has 1 aliphatic rings. The highest BCUT2D eigenvalue weighted by atomic mass is 32.2. The lowest BCUT2D eigenvalue weighted by Crippen LogP contribution is -2.42. The monoisotopic (exact) mass is 353 g/mol. The Kier molecular flexibility index (Phi) is 4.98. The fraction of sp³-hybridized carbons (Fsp3) is 0.438. The highest BCUT2D eigenvalue weighted by molar-refractivity contribution is 7.89. The third-order valence-electron chi connectivity index (χ3n) is 4.11. The van der Waals surface area contributed by atoms with Crippen molar-refractivity contribution < 1.29 is 17.5 Å². The summed E-state index contributed by atoms with van der Waals surface area (Å²) in [5.74, 6) is 0.209. The molecule has 1 fully saturated rings. The number of hydrogen-bond acceptors (Lipinski definition) is 4. The summed E-state index contributed by atoms with van der Waals surface area (Å²) in [6.07, 6.45) is 3.32. The van der Waals surface area contributed by atoms with E-state index in [0.717, 1.165) is 5.56 Å². The predicted octanol–water partition coefficient (Wildman–Crippen LogP) is 1.66. The molecule has 1 aliphatic heterocycles. The molecule has 24 heavy (non-hydrogen) atoms. The van der Waals surface area contributed by atoms with Crippen molar-refractivity contribution >= 4 is 10.0 Å². The average Bonchev–Trinajstić information content (AvgIpc) is 3.04. The summed E-state index contributed by atoms with van der Waals surface area (Å²) >= 11 is 0. The number of imidazole rings is 1. The van der Waals surface area contributed by atoms with Gasteiger partial charge < -0.3 is 9.30 Å². The fourth-order valence-corrected chi connectivity index (χ4v) is 4.13. The number of benzene rings is 1. The minimum atomic E-state index is -3.35. The fourth-order valence-electron chi connectivity index (χ4n) is 2.74. The summed E-state index contributed by atoms with van der Waals surface area (Å²) in [5.41, 5.74) is 1.56. The lowest BCUT2D eigenvalue weighted by molar-refractivity contribution is 0.0730. The summed E-state index contributed by atoms with van der Waals surface area (Å²) in [7, 11) is -3.35. The van der Waals surface area contributed by atoms with Crippen LogP contribution in [-0.4, -0.2) is 54.3 Å². The summed E-state index contributed by atoms with van der Waals surface area (Å²) in [6, 6.07) is 4.51. The van der Waals surface area contributed by atoms with E-state index in [-0.39, 0.29) is 18.1 Å². The van der Waals surface area contributed by atoms with Crippen LogP contribution < -0.4 is 0 Å². The molecular formula is C16H20FN3O3S. The first-order valence-corrected chi connectivity index (χ1v) is 9.41. The standard InChI is InChI=1S/C16H20FN3O3S/c1-13-2-3-14(17)12-15(13)16-18-4-5-19(16)8-11-24(21,22)20-6-9-23-10-7-20/h2-5,12H,6-11H2,1H3. The van der Waals surface area contributed by atoms with Crippen LogP contribution >= 0.6 is 0 Å². The third kappa shape index (κ3) is 3.66. The maximum absolute atomic E-state index is 13.5. The Labute approximate surface area is 140 Å². The van der Waals surface area contributed by atoms with Crippen LogP contribution in [0.25, 0.3) is 11.4 Å². The van der Waals surface area contributed by atoms with Crippen LogP contribution in [0.4, 0.5) is 4.39 Å². The van der Waals surface area contributed by atoms with E-state index in [4.69, 9.17) is 4.74 Å². The van der Waals surface area contributed by atoms with Gasteiger partial charge in [-0.1, -0.05) is 6.07 Å². The van der Waals surface area contributed by atoms with Gasteiger partial charge in [-0.3, -0.25) is 0 Å². The van der Waals surface area contributed by atoms with Gasteiger partial charge in [-0.25, -0.2) is 17.8 Å². The minimum absolute atomic E-state index is 0.0231. The first-order valence-electron chi connectivity index (χ1n) is 7.80. The maximum atomic E-state index is 13.5. The zero-order chi connectivity index (χ0) is 17.2. The largest absolute Gasteiger partial charge is 0.379 e. The lowest BCUT2D eigenvalue weighted by atomic mass is 10.1. The van der Waals surface area contributed by atoms with Crippen molar-refractivity contribution in [3.8, 4) is 11.4 Å². The molecule has 2 aromatic rings. The number of halogens is 1. The van der Waals surface area contributed by atoms with Crippen molar-refractivity contribution in [2.45, 2.75) is 13.5 Å². The van der Waals surface area contributed by atoms with E-state index >= 15 is 0 Å². The van der Waals surface area contributed by atoms with Gasteiger partial charge in [0.25, 0.3) is 0 Å². The van der Waals surface area contributed by atoms with Gasteiger partial charge in [-0.15, -0.1) is 0 Å². The number of ether oxygens (including phenoxy) is 1. The molecular weight excluding hydrogens is 333 g/mol. The SMILES string of the molecule is Cc1ccc(F)cc1-c1nccn1CCS(=O)(=O)N1CCOCC1. The highest BCUT2D eigenvalue weighted by Crippen LogP contribution is 2.23. The summed E-state index contributed by atoms with van der Waals surface area (Å²) < 4.78 is 46.8. The smallest absolute Gasteiger partial charge is 0.216 e. The van der Waals surface area contributed by atoms with Gasteiger partial charge in [-0.05, 0) is 24.6 Å². The second-order valence-corrected chi connectivity index (χ2v) is 7.82. The normalized spacial score (nSPS) is 16.4. The van der Waals surface area contributed by atoms with E-state index in [9.17, 15) is 12.8 Å². The molecule has 0 aliphatic carbocycles. The Balaban J connectivity index is 1.77. The first-order chi connectivity index (χ1) is 11.5. The van der Waals surface area contributed by atoms with Gasteiger partial charge in [0.15, 0.2) is 0 Å². The third-order valence-corrected chi connectivity index (χ3v) is 5.96. The van der Waals surface area contributed by atoms with Crippen LogP contribution in [0.5, 0.6) is 0 Å². The van der Waals surface area contributed by atoms with Crippen molar-refractivity contribution in [3.05, 3.63) is 42.0 Å². The topological polar surface area (TPSA) is 64.4 Å². The van der Waals surface area contributed by atoms with Gasteiger partial charge in [0, 0.05) is 37.6 Å². The molecule has 0 amide bonds. The van der Waals surface area contributed by atoms with Crippen LogP contribution in [0.1, 0.15) is 5.56 Å². The zero-order valence-corrected chi connectivity index (χ0v) is 14.3. The molecule has 6 nitrogen and oxygen atoms in total. The molecule has 1 aromatic heterocycles. The zero-order valence-electron chi connectivity index (χ0n) is 13.5. The van der Waals surface area contributed by atoms with Gasteiger partial charge in [-0.2, -0.15) is 4.31 Å². The molecule has 2 heterocycles. The molecule has 0 spiro atoms. The number of aryl methyl sites for hydroxylation is 2. The van der Waals surface area contributed by atoms with E-state index in [0.29, 0.717) is 37.7 Å². The van der Waals surface area contributed by atoms with Crippen molar-refractivity contribution in [3.63, 3.8) is 0 Å². The number of morpholine rings is 1. The van der Waals surface area contributed by atoms with Gasteiger partial charge in [0.1, 0.15) is 11.6 Å². The molecule has 0 bridgehead atoms. The van der Waals surface area contributed by atoms with E-state index < -0.39 is 10.0 Å². The van der Waals surface area contributed by atoms with Gasteiger partial charge >= 0.3 is 0 Å². The Morgan fingerprint density at radius 2 is 2.04 bits per heavy atom. The molecule has 0 atom stereocenters. The minimum Gasteiger partial charge on any atom is -0.379 e. The Morgan fingerprint density at radius 3 is 2.79 bits per heavy atom. The number of sulfonamides is 1. The summed E-state index contributed by atoms with van der Waals surface area (Å²) in [5, 5.41) is 0. The molecule has 130 valence electrons. The van der Waals surface area contributed by atoms with Crippen LogP contribution in [0.3, 0.4) is 0 Å². The van der Waals surface area contributed by atoms with E-state index in [1.807, 2.05) is 6.92 Å². The molecule has 1 saturated heterocycles. The molecule has 0 radical (unpaired) electrons. The average molecular weight is 353 g/mol. The Bertz CT molecular complexity index is 814. The van der Waals surface area contributed by atoms with Crippen molar-refractivity contribution in [2.24, 2.45) is 0 Å². The molecule has 0 N–H and O–H groups in total. The van der Waals surface area contributed by atoms with Gasteiger partial charge in [0.05, 0.1) is 19.0 Å². The molecule has 8 heteroatoms. The lowest BCUT2D eigenvalue weighted by Gasteiger charge is -2.26. The summed E-state index contributed by atoms with van der Waals surface area (Å²) in [4.78, 5) is 4.27. The highest BCUT2D eigenvalue weighted by Gasteiger charge is 2.24. The Hall–Kier alpha value is -1.77. The van der Waals surface area contributed by atoms with Crippen LogP contribution in [0.15, 0.2) is 30.6 Å². The second-order valence-electron chi connectivity index (χ2n) is 5.73. The first kappa shape index (κ1) is 17.1. The molecule has 1 aromatic carbocycles. The van der Waals surface area contributed by atoms with E-state index in [1.165, 1.54) is 16.4 Å². The quantitative estimate of drug-likeness (QED) is 0.820. The number of nitrogens with zero attached hydrogens (tertiary/aromatic N) is 3. The van der Waals surface area contributed by atoms with E-state index in [1.54, 1.807) is 23.0 Å². The molecule has 0 unspecified atom stereocenters. The van der Waals surface area contributed by atoms with Crippen molar-refractivity contribution in [2.75, 3.05) is 32.1 Å². The maximum Gasteiger partial charge on any atom is 0.216 e. The van der Waals surface area contributed by atoms with E-state index in [2.05, 4.69) is 4.98 Å².